The molecule has 6 heteroatoms. The number of ether oxygens (including phenoxy) is 2. The van der Waals surface area contributed by atoms with E-state index in [0.29, 0.717) is 22.9 Å². The first kappa shape index (κ1) is 19.3. The highest BCUT2D eigenvalue weighted by Gasteiger charge is 2.17. The third-order valence-electron chi connectivity index (χ3n) is 3.95. The van der Waals surface area contributed by atoms with Crippen molar-refractivity contribution in [1.82, 2.24) is 0 Å². The van der Waals surface area contributed by atoms with Gasteiger partial charge in [-0.3, -0.25) is 9.59 Å². The van der Waals surface area contributed by atoms with Crippen LogP contribution in [-0.2, 0) is 9.59 Å². The van der Waals surface area contributed by atoms with Gasteiger partial charge in [-0.15, -0.1) is 0 Å². The predicted molar refractivity (Wildman–Crippen MR) is 102 cm³/mol. The van der Waals surface area contributed by atoms with E-state index in [0.717, 1.165) is 5.56 Å². The van der Waals surface area contributed by atoms with Gasteiger partial charge in [-0.2, -0.15) is 0 Å². The topological polar surface area (TPSA) is 67.9 Å². The van der Waals surface area contributed by atoms with Crippen LogP contribution in [0.1, 0.15) is 18.9 Å². The Morgan fingerprint density at radius 3 is 2.38 bits per heavy atom. The molecule has 2 aromatic rings. The lowest BCUT2D eigenvalue weighted by Gasteiger charge is -2.23. The molecule has 138 valence electrons. The van der Waals surface area contributed by atoms with Crippen LogP contribution in [0.2, 0.25) is 0 Å². The largest absolute Gasteiger partial charge is 0.495 e. The van der Waals surface area contributed by atoms with Crippen LogP contribution in [0.5, 0.6) is 11.5 Å². The van der Waals surface area contributed by atoms with Crippen molar-refractivity contribution in [1.29, 1.82) is 0 Å². The fourth-order valence-corrected chi connectivity index (χ4v) is 2.65. The van der Waals surface area contributed by atoms with Crippen molar-refractivity contribution in [3.05, 3.63) is 48.0 Å². The first-order valence-corrected chi connectivity index (χ1v) is 8.32. The Morgan fingerprint density at radius 2 is 1.73 bits per heavy atom. The van der Waals surface area contributed by atoms with Crippen molar-refractivity contribution >= 4 is 23.2 Å². The van der Waals surface area contributed by atoms with E-state index in [-0.39, 0.29) is 24.8 Å². The number of nitrogens with one attached hydrogen (secondary N) is 1. The maximum Gasteiger partial charge on any atom is 0.226 e. The molecule has 2 amide bonds. The summed E-state index contributed by atoms with van der Waals surface area (Å²) in [5.41, 5.74) is 2.27. The minimum Gasteiger partial charge on any atom is -0.495 e. The van der Waals surface area contributed by atoms with Crippen molar-refractivity contribution in [2.75, 3.05) is 31.0 Å². The van der Waals surface area contributed by atoms with Gasteiger partial charge in [0.1, 0.15) is 11.5 Å². The summed E-state index contributed by atoms with van der Waals surface area (Å²) in [5, 5.41) is 2.84. The Labute approximate surface area is 153 Å². The number of amides is 2. The molecule has 0 bridgehead atoms. The number of benzene rings is 2. The highest BCUT2D eigenvalue weighted by molar-refractivity contribution is 5.96. The quantitative estimate of drug-likeness (QED) is 0.826. The van der Waals surface area contributed by atoms with Crippen molar-refractivity contribution in [2.24, 2.45) is 0 Å². The van der Waals surface area contributed by atoms with E-state index in [4.69, 9.17) is 9.47 Å². The number of anilines is 2. The molecule has 0 fully saturated rings. The summed E-state index contributed by atoms with van der Waals surface area (Å²) in [7, 11) is 3.10. The molecule has 6 nitrogen and oxygen atoms in total. The summed E-state index contributed by atoms with van der Waals surface area (Å²) in [6, 6.07) is 12.8. The molecule has 0 atom stereocenters. The van der Waals surface area contributed by atoms with Crippen molar-refractivity contribution in [3.63, 3.8) is 0 Å². The minimum atomic E-state index is -0.199. The molecule has 0 aliphatic carbocycles. The van der Waals surface area contributed by atoms with Crippen LogP contribution in [0.3, 0.4) is 0 Å². The van der Waals surface area contributed by atoms with Crippen LogP contribution in [-0.4, -0.2) is 32.6 Å². The maximum absolute atomic E-state index is 12.4. The standard InChI is InChI=1S/C20H24N2O4/c1-14-9-10-18(25-3)16(13-14)21-20(24)11-12-22(15(2)23)17-7-5-6-8-19(17)26-4/h5-10,13H,11-12H2,1-4H3,(H,21,24). The van der Waals surface area contributed by atoms with Gasteiger partial charge in [-0.25, -0.2) is 0 Å². The Bertz CT molecular complexity index is 789. The van der Waals surface area contributed by atoms with Gasteiger partial charge in [0.05, 0.1) is 25.6 Å². The second kappa shape index (κ2) is 8.89. The molecule has 0 aliphatic rings. The number of hydrogen-bond donors (Lipinski definition) is 1. The molecule has 0 heterocycles. The van der Waals surface area contributed by atoms with Gasteiger partial charge in [0, 0.05) is 19.9 Å². The van der Waals surface area contributed by atoms with Crippen molar-refractivity contribution in [2.45, 2.75) is 20.3 Å². The number of methoxy groups -OCH3 is 2. The number of hydrogen-bond acceptors (Lipinski definition) is 4. The smallest absolute Gasteiger partial charge is 0.226 e. The van der Waals surface area contributed by atoms with Crippen LogP contribution in [0.25, 0.3) is 0 Å². The zero-order valence-corrected chi connectivity index (χ0v) is 15.5. The van der Waals surface area contributed by atoms with Crippen molar-refractivity contribution < 1.29 is 19.1 Å². The minimum absolute atomic E-state index is 0.148. The molecule has 0 saturated carbocycles. The molecule has 26 heavy (non-hydrogen) atoms. The van der Waals surface area contributed by atoms with Crippen molar-refractivity contribution in [3.8, 4) is 11.5 Å². The van der Waals surface area contributed by atoms with E-state index in [2.05, 4.69) is 5.32 Å². The third-order valence-corrected chi connectivity index (χ3v) is 3.95. The van der Waals surface area contributed by atoms with Gasteiger partial charge in [0.15, 0.2) is 0 Å². The Balaban J connectivity index is 2.09. The molecule has 0 saturated heterocycles. The third kappa shape index (κ3) is 4.75. The summed E-state index contributed by atoms with van der Waals surface area (Å²) >= 11 is 0. The molecule has 2 rings (SSSR count). The Morgan fingerprint density at radius 1 is 1.04 bits per heavy atom. The molecule has 2 aromatic carbocycles. The van der Waals surface area contributed by atoms with E-state index in [1.807, 2.05) is 37.3 Å². The fraction of sp³-hybridized carbons (Fsp3) is 0.300. The zero-order valence-electron chi connectivity index (χ0n) is 15.5. The highest BCUT2D eigenvalue weighted by atomic mass is 16.5. The lowest BCUT2D eigenvalue weighted by molar-refractivity contribution is -0.117. The molecule has 0 radical (unpaired) electrons. The first-order chi connectivity index (χ1) is 12.5. The molecular weight excluding hydrogens is 332 g/mol. The van der Waals surface area contributed by atoms with E-state index in [1.54, 1.807) is 26.4 Å². The van der Waals surface area contributed by atoms with Gasteiger partial charge in [-0.1, -0.05) is 18.2 Å². The number of nitrogens with zero attached hydrogens (tertiary/aromatic N) is 1. The number of rotatable bonds is 7. The van der Waals surface area contributed by atoms with Gasteiger partial charge in [0.25, 0.3) is 0 Å². The summed E-state index contributed by atoms with van der Waals surface area (Å²) in [6.07, 6.45) is 0.148. The van der Waals surface area contributed by atoms with E-state index in [1.165, 1.54) is 11.8 Å². The maximum atomic E-state index is 12.4. The highest BCUT2D eigenvalue weighted by Crippen LogP contribution is 2.28. The molecule has 0 aliphatic heterocycles. The Kier molecular flexibility index (Phi) is 6.60. The average molecular weight is 356 g/mol. The van der Waals surface area contributed by atoms with E-state index in [9.17, 15) is 9.59 Å². The first-order valence-electron chi connectivity index (χ1n) is 8.32. The number of para-hydroxylation sites is 2. The molecule has 0 aromatic heterocycles. The SMILES string of the molecule is COc1ccc(C)cc1NC(=O)CCN(C(C)=O)c1ccccc1OC. The van der Waals surface area contributed by atoms with Gasteiger partial charge < -0.3 is 19.7 Å². The molecule has 1 N–H and O–H groups in total. The predicted octanol–water partition coefficient (Wildman–Crippen LogP) is 3.39. The van der Waals surface area contributed by atoms with Gasteiger partial charge in [-0.05, 0) is 36.8 Å². The van der Waals surface area contributed by atoms with Gasteiger partial charge >= 0.3 is 0 Å². The molecule has 0 spiro atoms. The second-order valence-corrected chi connectivity index (χ2v) is 5.84. The molecule has 0 unspecified atom stereocenters. The van der Waals surface area contributed by atoms with Crippen LogP contribution >= 0.6 is 0 Å². The summed E-state index contributed by atoms with van der Waals surface area (Å²) in [6.45, 7) is 3.65. The second-order valence-electron chi connectivity index (χ2n) is 5.84. The van der Waals surface area contributed by atoms with Gasteiger partial charge in [0.2, 0.25) is 11.8 Å². The van der Waals surface area contributed by atoms with Crippen LogP contribution in [0, 0.1) is 6.92 Å². The average Bonchev–Trinajstić information content (AvgIpc) is 2.62. The lowest BCUT2D eigenvalue weighted by Crippen LogP contribution is -2.32. The fourth-order valence-electron chi connectivity index (χ4n) is 2.65. The van der Waals surface area contributed by atoms with Crippen LogP contribution in [0.15, 0.2) is 42.5 Å². The Hall–Kier alpha value is -3.02. The van der Waals surface area contributed by atoms with Crippen LogP contribution < -0.4 is 19.7 Å². The lowest BCUT2D eigenvalue weighted by atomic mass is 10.2. The van der Waals surface area contributed by atoms with Crippen LogP contribution in [0.4, 0.5) is 11.4 Å². The summed E-state index contributed by atoms with van der Waals surface area (Å²) < 4.78 is 10.6. The normalized spacial score (nSPS) is 10.2. The number of aryl methyl sites for hydroxylation is 1. The number of carbonyl (C=O) groups is 2. The molecular formula is C20H24N2O4. The van der Waals surface area contributed by atoms with E-state index >= 15 is 0 Å². The zero-order chi connectivity index (χ0) is 19.1. The summed E-state index contributed by atoms with van der Waals surface area (Å²) in [5.74, 6) is 0.825. The monoisotopic (exact) mass is 356 g/mol. The van der Waals surface area contributed by atoms with E-state index < -0.39 is 0 Å². The summed E-state index contributed by atoms with van der Waals surface area (Å²) in [4.78, 5) is 25.9. The number of carbonyl (C=O) groups excluding carboxylic acids is 2.